The van der Waals surface area contributed by atoms with Crippen LogP contribution in [0, 0.1) is 13.8 Å². The van der Waals surface area contributed by atoms with E-state index in [1.807, 2.05) is 0 Å². The zero-order chi connectivity index (χ0) is 14.4. The van der Waals surface area contributed by atoms with E-state index in [0.29, 0.717) is 18.0 Å². The number of anilines is 1. The van der Waals surface area contributed by atoms with Crippen LogP contribution in [0.2, 0.25) is 0 Å². The average Bonchev–Trinajstić information content (AvgIpc) is 2.82. The summed E-state index contributed by atoms with van der Waals surface area (Å²) in [5.41, 5.74) is 1.26. The van der Waals surface area contributed by atoms with Gasteiger partial charge in [-0.15, -0.1) is 11.8 Å². The van der Waals surface area contributed by atoms with Crippen molar-refractivity contribution < 1.29 is 9.32 Å². The first-order valence-electron chi connectivity index (χ1n) is 6.56. The van der Waals surface area contributed by atoms with Crippen LogP contribution < -0.4 is 5.32 Å². The topological polar surface area (TPSA) is 55.1 Å². The number of nitrogens with one attached hydrogen (secondary N) is 1. The van der Waals surface area contributed by atoms with Gasteiger partial charge in [0.15, 0.2) is 5.82 Å². The van der Waals surface area contributed by atoms with Gasteiger partial charge >= 0.3 is 0 Å². The van der Waals surface area contributed by atoms with E-state index in [1.54, 1.807) is 24.8 Å². The predicted molar refractivity (Wildman–Crippen MR) is 81.0 cm³/mol. The average molecular weight is 290 g/mol. The number of benzene rings is 1. The molecule has 0 fully saturated rings. The summed E-state index contributed by atoms with van der Waals surface area (Å²) >= 11 is 1.77. The minimum Gasteiger partial charge on any atom is -0.360 e. The molecule has 0 atom stereocenters. The van der Waals surface area contributed by atoms with E-state index in [2.05, 4.69) is 41.7 Å². The van der Waals surface area contributed by atoms with Crippen molar-refractivity contribution in [1.29, 1.82) is 0 Å². The van der Waals surface area contributed by atoms with Crippen molar-refractivity contribution in [2.24, 2.45) is 0 Å². The normalized spacial score (nSPS) is 10.5. The molecule has 1 aromatic heterocycles. The molecule has 4 nitrogen and oxygen atoms in total. The van der Waals surface area contributed by atoms with Gasteiger partial charge in [0.1, 0.15) is 5.76 Å². The maximum absolute atomic E-state index is 11.7. The van der Waals surface area contributed by atoms with Crippen molar-refractivity contribution in [2.75, 3.05) is 11.1 Å². The smallest absolute Gasteiger partial charge is 0.225 e. The molecule has 0 spiro atoms. The van der Waals surface area contributed by atoms with E-state index in [-0.39, 0.29) is 5.91 Å². The van der Waals surface area contributed by atoms with Crippen LogP contribution in [0.1, 0.15) is 24.2 Å². The summed E-state index contributed by atoms with van der Waals surface area (Å²) in [5, 5.41) is 6.44. The Morgan fingerprint density at radius 2 is 2.05 bits per heavy atom. The second-order valence-electron chi connectivity index (χ2n) is 4.64. The molecule has 5 heteroatoms. The number of hydrogen-bond acceptors (Lipinski definition) is 4. The molecule has 20 heavy (non-hydrogen) atoms. The van der Waals surface area contributed by atoms with Crippen molar-refractivity contribution in [2.45, 2.75) is 31.6 Å². The molecule has 0 saturated heterocycles. The first kappa shape index (κ1) is 14.7. The quantitative estimate of drug-likeness (QED) is 0.649. The monoisotopic (exact) mass is 290 g/mol. The largest absolute Gasteiger partial charge is 0.360 e. The first-order chi connectivity index (χ1) is 9.63. The third kappa shape index (κ3) is 4.74. The summed E-state index contributed by atoms with van der Waals surface area (Å²) in [7, 11) is 0. The molecule has 1 amide bonds. The minimum atomic E-state index is -0.0252. The summed E-state index contributed by atoms with van der Waals surface area (Å²) in [5.74, 6) is 2.07. The summed E-state index contributed by atoms with van der Waals surface area (Å²) in [4.78, 5) is 12.9. The Morgan fingerprint density at radius 3 is 2.70 bits per heavy atom. The molecule has 1 aromatic carbocycles. The van der Waals surface area contributed by atoms with Gasteiger partial charge in [-0.3, -0.25) is 4.79 Å². The Kier molecular flexibility index (Phi) is 5.24. The van der Waals surface area contributed by atoms with Crippen LogP contribution in [0.15, 0.2) is 39.8 Å². The van der Waals surface area contributed by atoms with Crippen molar-refractivity contribution in [3.05, 3.63) is 41.7 Å². The van der Waals surface area contributed by atoms with Crippen molar-refractivity contribution in [3.63, 3.8) is 0 Å². The summed E-state index contributed by atoms with van der Waals surface area (Å²) in [6.45, 7) is 3.87. The van der Waals surface area contributed by atoms with E-state index >= 15 is 0 Å². The molecule has 106 valence electrons. The molecule has 1 N–H and O–H groups in total. The first-order valence-corrected chi connectivity index (χ1v) is 7.55. The van der Waals surface area contributed by atoms with Crippen molar-refractivity contribution in [3.8, 4) is 0 Å². The lowest BCUT2D eigenvalue weighted by molar-refractivity contribution is -0.116. The van der Waals surface area contributed by atoms with Crippen LogP contribution in [-0.2, 0) is 4.79 Å². The fraction of sp³-hybridized carbons (Fsp3) is 0.333. The Bertz CT molecular complexity index is 564. The number of aryl methyl sites for hydroxylation is 2. The van der Waals surface area contributed by atoms with Crippen LogP contribution >= 0.6 is 11.8 Å². The SMILES string of the molecule is Cc1ccc(SCCCC(=O)Nc2cc(C)on2)cc1. The van der Waals surface area contributed by atoms with Crippen molar-refractivity contribution >= 4 is 23.5 Å². The van der Waals surface area contributed by atoms with Gasteiger partial charge in [0.05, 0.1) is 0 Å². The molecular formula is C15H18N2O2S. The molecule has 0 bridgehead atoms. The summed E-state index contributed by atoms with van der Waals surface area (Å²) in [6.07, 6.45) is 1.33. The number of hydrogen-bond donors (Lipinski definition) is 1. The van der Waals surface area contributed by atoms with Gasteiger partial charge in [0.2, 0.25) is 5.91 Å². The number of carbonyl (C=O) groups is 1. The number of thioether (sulfide) groups is 1. The Labute approximate surface area is 122 Å². The maximum atomic E-state index is 11.7. The molecule has 1 heterocycles. The van der Waals surface area contributed by atoms with Gasteiger partial charge in [-0.1, -0.05) is 22.9 Å². The number of aromatic nitrogens is 1. The van der Waals surface area contributed by atoms with Crippen molar-refractivity contribution in [1.82, 2.24) is 5.16 Å². The summed E-state index contributed by atoms with van der Waals surface area (Å²) in [6, 6.07) is 10.1. The highest BCUT2D eigenvalue weighted by Crippen LogP contribution is 2.19. The van der Waals surface area contributed by atoms with Crippen LogP contribution in [0.3, 0.4) is 0 Å². The third-order valence-electron chi connectivity index (χ3n) is 2.73. The van der Waals surface area contributed by atoms with Gasteiger partial charge in [-0.05, 0) is 38.2 Å². The number of nitrogens with zero attached hydrogens (tertiary/aromatic N) is 1. The number of carbonyl (C=O) groups excluding carboxylic acids is 1. The van der Waals surface area contributed by atoms with Crippen LogP contribution in [0.25, 0.3) is 0 Å². The Balaban J connectivity index is 1.65. The predicted octanol–water partition coefficient (Wildman–Crippen LogP) is 3.80. The van der Waals surface area contributed by atoms with E-state index in [1.165, 1.54) is 10.5 Å². The fourth-order valence-corrected chi connectivity index (χ4v) is 2.54. The second kappa shape index (κ2) is 7.14. The molecule has 0 radical (unpaired) electrons. The molecule has 0 aliphatic carbocycles. The lowest BCUT2D eigenvalue weighted by Crippen LogP contribution is -2.11. The molecule has 0 aliphatic rings. The van der Waals surface area contributed by atoms with Gasteiger partial charge in [-0.2, -0.15) is 0 Å². The molecule has 2 aromatic rings. The highest BCUT2D eigenvalue weighted by molar-refractivity contribution is 7.99. The number of amides is 1. The van der Waals surface area contributed by atoms with Crippen LogP contribution in [0.4, 0.5) is 5.82 Å². The second-order valence-corrected chi connectivity index (χ2v) is 5.80. The zero-order valence-electron chi connectivity index (χ0n) is 11.7. The van der Waals surface area contributed by atoms with Gasteiger partial charge < -0.3 is 9.84 Å². The third-order valence-corrected chi connectivity index (χ3v) is 3.83. The Hall–Kier alpha value is -1.75. The minimum absolute atomic E-state index is 0.0252. The molecule has 2 rings (SSSR count). The van der Waals surface area contributed by atoms with E-state index in [0.717, 1.165) is 12.2 Å². The van der Waals surface area contributed by atoms with Gasteiger partial charge in [0, 0.05) is 17.4 Å². The Morgan fingerprint density at radius 1 is 1.30 bits per heavy atom. The molecule has 0 aliphatic heterocycles. The zero-order valence-corrected chi connectivity index (χ0v) is 12.5. The van der Waals surface area contributed by atoms with Crippen LogP contribution in [0.5, 0.6) is 0 Å². The maximum Gasteiger partial charge on any atom is 0.225 e. The molecular weight excluding hydrogens is 272 g/mol. The van der Waals surface area contributed by atoms with Crippen LogP contribution in [-0.4, -0.2) is 16.8 Å². The van der Waals surface area contributed by atoms with E-state index in [9.17, 15) is 4.79 Å². The van der Waals surface area contributed by atoms with Gasteiger partial charge in [-0.25, -0.2) is 0 Å². The lowest BCUT2D eigenvalue weighted by Gasteiger charge is -2.03. The summed E-state index contributed by atoms with van der Waals surface area (Å²) < 4.78 is 4.89. The lowest BCUT2D eigenvalue weighted by atomic mass is 10.2. The standard InChI is InChI=1S/C15H18N2O2S/c1-11-5-7-13(8-6-11)20-9-3-4-15(18)16-14-10-12(2)19-17-14/h5-8,10H,3-4,9H2,1-2H3,(H,16,17,18). The highest BCUT2D eigenvalue weighted by Gasteiger charge is 2.05. The fourth-order valence-electron chi connectivity index (χ4n) is 1.69. The highest BCUT2D eigenvalue weighted by atomic mass is 32.2. The van der Waals surface area contributed by atoms with Gasteiger partial charge in [0.25, 0.3) is 0 Å². The van der Waals surface area contributed by atoms with E-state index < -0.39 is 0 Å². The number of rotatable bonds is 6. The molecule has 0 saturated carbocycles. The molecule has 0 unspecified atom stereocenters. The van der Waals surface area contributed by atoms with E-state index in [4.69, 9.17) is 4.52 Å².